The number of phenols is 1. The Morgan fingerprint density at radius 3 is 2.48 bits per heavy atom. The maximum Gasteiger partial charge on any atom is 0.246 e. The van der Waals surface area contributed by atoms with Gasteiger partial charge >= 0.3 is 0 Å². The predicted octanol–water partition coefficient (Wildman–Crippen LogP) is 3.36. The van der Waals surface area contributed by atoms with Gasteiger partial charge in [-0.25, -0.2) is 0 Å². The van der Waals surface area contributed by atoms with Crippen LogP contribution < -0.4 is 5.32 Å². The third-order valence-electron chi connectivity index (χ3n) is 3.09. The Bertz CT molecular complexity index is 718. The third kappa shape index (κ3) is 3.20. The van der Waals surface area contributed by atoms with Crippen LogP contribution in [-0.2, 0) is 6.54 Å². The van der Waals surface area contributed by atoms with Gasteiger partial charge in [0.15, 0.2) is 0 Å². The molecule has 0 bridgehead atoms. The molecule has 0 saturated carbocycles. The standard InChI is InChI=1S/C16H15N3O2/c1-11-2-4-12(5-3-11)16-18-15(21-19-16)10-17-13-6-8-14(20)9-7-13/h2-9,17,20H,10H2,1H3. The van der Waals surface area contributed by atoms with Crippen molar-refractivity contribution in [1.29, 1.82) is 0 Å². The van der Waals surface area contributed by atoms with Crippen molar-refractivity contribution in [2.75, 3.05) is 5.32 Å². The molecular formula is C16H15N3O2. The first-order chi connectivity index (χ1) is 10.2. The Labute approximate surface area is 122 Å². The van der Waals surface area contributed by atoms with Gasteiger partial charge in [0.1, 0.15) is 5.75 Å². The average molecular weight is 281 g/mol. The lowest BCUT2D eigenvalue weighted by atomic mass is 10.1. The molecule has 0 spiro atoms. The van der Waals surface area contributed by atoms with Gasteiger partial charge in [0.2, 0.25) is 11.7 Å². The van der Waals surface area contributed by atoms with Crippen molar-refractivity contribution < 1.29 is 9.63 Å². The quantitative estimate of drug-likeness (QED) is 0.717. The minimum Gasteiger partial charge on any atom is -0.508 e. The van der Waals surface area contributed by atoms with Crippen LogP contribution in [0, 0.1) is 6.92 Å². The SMILES string of the molecule is Cc1ccc(-c2noc(CNc3ccc(O)cc3)n2)cc1. The Hall–Kier alpha value is -2.82. The molecule has 0 amide bonds. The van der Waals surface area contributed by atoms with E-state index in [9.17, 15) is 5.11 Å². The lowest BCUT2D eigenvalue weighted by Gasteiger charge is -2.02. The zero-order valence-corrected chi connectivity index (χ0v) is 11.6. The van der Waals surface area contributed by atoms with Gasteiger partial charge in [0.05, 0.1) is 6.54 Å². The lowest BCUT2D eigenvalue weighted by Crippen LogP contribution is -1.99. The number of hydrogen-bond donors (Lipinski definition) is 2. The molecule has 3 rings (SSSR count). The molecule has 1 aromatic heterocycles. The molecule has 5 heteroatoms. The topological polar surface area (TPSA) is 71.2 Å². The number of aromatic nitrogens is 2. The summed E-state index contributed by atoms with van der Waals surface area (Å²) in [6.45, 7) is 2.47. The summed E-state index contributed by atoms with van der Waals surface area (Å²) in [5.74, 6) is 1.33. The number of nitrogens with one attached hydrogen (secondary N) is 1. The van der Waals surface area contributed by atoms with Crippen molar-refractivity contribution in [3.05, 3.63) is 60.0 Å². The van der Waals surface area contributed by atoms with Crippen LogP contribution in [0.3, 0.4) is 0 Å². The Balaban J connectivity index is 1.67. The van der Waals surface area contributed by atoms with Crippen molar-refractivity contribution in [3.8, 4) is 17.1 Å². The number of hydrogen-bond acceptors (Lipinski definition) is 5. The molecule has 0 unspecified atom stereocenters. The van der Waals surface area contributed by atoms with Crippen molar-refractivity contribution >= 4 is 5.69 Å². The monoisotopic (exact) mass is 281 g/mol. The van der Waals surface area contributed by atoms with Crippen LogP contribution >= 0.6 is 0 Å². The van der Waals surface area contributed by atoms with Crippen LogP contribution in [0.2, 0.25) is 0 Å². The van der Waals surface area contributed by atoms with Crippen molar-refractivity contribution in [1.82, 2.24) is 10.1 Å². The molecule has 3 aromatic rings. The van der Waals surface area contributed by atoms with E-state index in [-0.39, 0.29) is 5.75 Å². The van der Waals surface area contributed by atoms with E-state index in [0.29, 0.717) is 18.3 Å². The van der Waals surface area contributed by atoms with Crippen molar-refractivity contribution in [2.45, 2.75) is 13.5 Å². The summed E-state index contributed by atoms with van der Waals surface area (Å²) in [5, 5.41) is 16.4. The molecule has 0 radical (unpaired) electrons. The molecule has 0 aliphatic heterocycles. The lowest BCUT2D eigenvalue weighted by molar-refractivity contribution is 0.384. The van der Waals surface area contributed by atoms with Gasteiger partial charge in [0.25, 0.3) is 0 Å². The zero-order chi connectivity index (χ0) is 14.7. The molecule has 0 atom stereocenters. The molecule has 106 valence electrons. The molecule has 5 nitrogen and oxygen atoms in total. The van der Waals surface area contributed by atoms with Gasteiger partial charge < -0.3 is 14.9 Å². The number of aromatic hydroxyl groups is 1. The van der Waals surface area contributed by atoms with E-state index in [0.717, 1.165) is 11.3 Å². The second-order valence-electron chi connectivity index (χ2n) is 4.78. The zero-order valence-electron chi connectivity index (χ0n) is 11.6. The van der Waals surface area contributed by atoms with Crippen LogP contribution in [0.1, 0.15) is 11.5 Å². The number of rotatable bonds is 4. The molecule has 0 aliphatic rings. The summed E-state index contributed by atoms with van der Waals surface area (Å²) in [6, 6.07) is 14.8. The minimum absolute atomic E-state index is 0.236. The second-order valence-corrected chi connectivity index (χ2v) is 4.78. The van der Waals surface area contributed by atoms with E-state index in [1.807, 2.05) is 31.2 Å². The molecule has 2 N–H and O–H groups in total. The smallest absolute Gasteiger partial charge is 0.246 e. The first kappa shape index (κ1) is 13.2. The highest BCUT2D eigenvalue weighted by molar-refractivity contribution is 5.54. The second kappa shape index (κ2) is 5.66. The summed E-state index contributed by atoms with van der Waals surface area (Å²) >= 11 is 0. The first-order valence-electron chi connectivity index (χ1n) is 6.63. The Morgan fingerprint density at radius 1 is 1.05 bits per heavy atom. The van der Waals surface area contributed by atoms with Gasteiger partial charge in [-0.05, 0) is 31.2 Å². The van der Waals surface area contributed by atoms with E-state index in [1.165, 1.54) is 5.56 Å². The molecule has 0 saturated heterocycles. The van der Waals surface area contributed by atoms with Gasteiger partial charge in [-0.15, -0.1) is 0 Å². The van der Waals surface area contributed by atoms with E-state index in [2.05, 4.69) is 15.5 Å². The fourth-order valence-electron chi connectivity index (χ4n) is 1.90. The maximum absolute atomic E-state index is 9.22. The summed E-state index contributed by atoms with van der Waals surface area (Å²) < 4.78 is 5.22. The number of anilines is 1. The van der Waals surface area contributed by atoms with Gasteiger partial charge in [0, 0.05) is 11.3 Å². The van der Waals surface area contributed by atoms with Crippen LogP contribution in [0.25, 0.3) is 11.4 Å². The number of nitrogens with zero attached hydrogens (tertiary/aromatic N) is 2. The van der Waals surface area contributed by atoms with E-state index >= 15 is 0 Å². The number of benzene rings is 2. The Kier molecular flexibility index (Phi) is 3.55. The number of phenolic OH excluding ortho intramolecular Hbond substituents is 1. The normalized spacial score (nSPS) is 10.5. The molecule has 1 heterocycles. The van der Waals surface area contributed by atoms with E-state index in [4.69, 9.17) is 4.52 Å². The maximum atomic E-state index is 9.22. The van der Waals surface area contributed by atoms with Crippen molar-refractivity contribution in [3.63, 3.8) is 0 Å². The largest absolute Gasteiger partial charge is 0.508 e. The third-order valence-corrected chi connectivity index (χ3v) is 3.09. The van der Waals surface area contributed by atoms with E-state index < -0.39 is 0 Å². The van der Waals surface area contributed by atoms with Crippen LogP contribution in [0.15, 0.2) is 53.1 Å². The Morgan fingerprint density at radius 2 is 1.76 bits per heavy atom. The van der Waals surface area contributed by atoms with Gasteiger partial charge in [-0.2, -0.15) is 4.98 Å². The van der Waals surface area contributed by atoms with Crippen molar-refractivity contribution in [2.24, 2.45) is 0 Å². The highest BCUT2D eigenvalue weighted by Crippen LogP contribution is 2.18. The van der Waals surface area contributed by atoms with Gasteiger partial charge in [-0.1, -0.05) is 35.0 Å². The summed E-state index contributed by atoms with van der Waals surface area (Å²) in [7, 11) is 0. The number of aryl methyl sites for hydroxylation is 1. The fraction of sp³-hybridized carbons (Fsp3) is 0.125. The molecule has 2 aromatic carbocycles. The summed E-state index contributed by atoms with van der Waals surface area (Å²) in [6.07, 6.45) is 0. The van der Waals surface area contributed by atoms with Crippen LogP contribution in [0.4, 0.5) is 5.69 Å². The van der Waals surface area contributed by atoms with Gasteiger partial charge in [-0.3, -0.25) is 0 Å². The minimum atomic E-state index is 0.236. The molecule has 21 heavy (non-hydrogen) atoms. The summed E-state index contributed by atoms with van der Waals surface area (Å²) in [4.78, 5) is 4.35. The average Bonchev–Trinajstić information content (AvgIpc) is 2.96. The highest BCUT2D eigenvalue weighted by Gasteiger charge is 2.08. The first-order valence-corrected chi connectivity index (χ1v) is 6.63. The fourth-order valence-corrected chi connectivity index (χ4v) is 1.90. The van der Waals surface area contributed by atoms with Crippen LogP contribution in [0.5, 0.6) is 5.75 Å². The molecule has 0 fully saturated rings. The predicted molar refractivity (Wildman–Crippen MR) is 79.9 cm³/mol. The van der Waals surface area contributed by atoms with E-state index in [1.54, 1.807) is 24.3 Å². The molecular weight excluding hydrogens is 266 g/mol. The molecule has 0 aliphatic carbocycles. The highest BCUT2D eigenvalue weighted by atomic mass is 16.5. The summed E-state index contributed by atoms with van der Waals surface area (Å²) in [5.41, 5.74) is 3.00. The van der Waals surface area contributed by atoms with Crippen LogP contribution in [-0.4, -0.2) is 15.2 Å².